The monoisotopic (exact) mass is 439 g/mol. The zero-order valence-electron chi connectivity index (χ0n) is 16.8. The lowest BCUT2D eigenvalue weighted by Gasteiger charge is -2.10. The van der Waals surface area contributed by atoms with Crippen LogP contribution in [0.4, 0.5) is 0 Å². The first-order valence-corrected chi connectivity index (χ1v) is 10.4. The minimum absolute atomic E-state index is 0.252. The van der Waals surface area contributed by atoms with Crippen LogP contribution in [0.5, 0.6) is 0 Å². The number of carbonyl (C=O) groups is 3. The first kappa shape index (κ1) is 22.1. The summed E-state index contributed by atoms with van der Waals surface area (Å²) in [4.78, 5) is 41.0. The molecule has 0 saturated heterocycles. The first-order valence-electron chi connectivity index (χ1n) is 9.43. The van der Waals surface area contributed by atoms with Gasteiger partial charge in [0.2, 0.25) is 0 Å². The van der Waals surface area contributed by atoms with Crippen LogP contribution in [0.2, 0.25) is 0 Å². The number of nitrogens with one attached hydrogen (secondary N) is 2. The predicted molar refractivity (Wildman–Crippen MR) is 115 cm³/mol. The molecule has 9 heteroatoms. The van der Waals surface area contributed by atoms with Gasteiger partial charge in [-0.3, -0.25) is 14.6 Å². The summed E-state index contributed by atoms with van der Waals surface area (Å²) in [5, 5.41) is 5.53. The summed E-state index contributed by atoms with van der Waals surface area (Å²) in [6.07, 6.45) is 4.50. The number of benzene rings is 1. The molecule has 2 amide bonds. The standard InChI is InChI=1S/C22H21N3O5S/c1-29-22(28)16-8-12-30-18(16)14-31-19-7-3-2-6-17(19)21(27)25-11-10-24-20(26)15-5-4-9-23-13-15/h2-9,12-13H,10-11,14H2,1H3,(H,24,26)(H,25,27). The molecule has 2 N–H and O–H groups in total. The fourth-order valence-electron chi connectivity index (χ4n) is 2.71. The molecule has 0 unspecified atom stereocenters. The van der Waals surface area contributed by atoms with E-state index in [1.165, 1.54) is 31.3 Å². The van der Waals surface area contributed by atoms with Crippen LogP contribution in [0.3, 0.4) is 0 Å². The van der Waals surface area contributed by atoms with Crippen molar-refractivity contribution in [1.29, 1.82) is 0 Å². The second kappa shape index (κ2) is 11.0. The van der Waals surface area contributed by atoms with Crippen LogP contribution in [0.1, 0.15) is 36.8 Å². The highest BCUT2D eigenvalue weighted by Crippen LogP contribution is 2.28. The number of esters is 1. The zero-order valence-corrected chi connectivity index (χ0v) is 17.6. The number of carbonyl (C=O) groups excluding carboxylic acids is 3. The topological polar surface area (TPSA) is 111 Å². The lowest BCUT2D eigenvalue weighted by molar-refractivity contribution is 0.0598. The van der Waals surface area contributed by atoms with Crippen LogP contribution in [-0.4, -0.2) is 43.0 Å². The maximum absolute atomic E-state index is 12.6. The van der Waals surface area contributed by atoms with Crippen molar-refractivity contribution in [3.63, 3.8) is 0 Å². The third-order valence-corrected chi connectivity index (χ3v) is 5.33. The molecule has 0 aliphatic heterocycles. The molecule has 0 atom stereocenters. The molecule has 3 aromatic rings. The van der Waals surface area contributed by atoms with E-state index >= 15 is 0 Å². The van der Waals surface area contributed by atoms with Gasteiger partial charge < -0.3 is 19.8 Å². The van der Waals surface area contributed by atoms with E-state index in [2.05, 4.69) is 15.6 Å². The van der Waals surface area contributed by atoms with Crippen molar-refractivity contribution >= 4 is 29.5 Å². The summed E-state index contributed by atoms with van der Waals surface area (Å²) in [6.45, 7) is 0.554. The molecule has 0 aliphatic carbocycles. The molecule has 0 saturated carbocycles. The van der Waals surface area contributed by atoms with E-state index < -0.39 is 5.97 Å². The Bertz CT molecular complexity index is 1050. The number of rotatable bonds is 9. The fraction of sp³-hybridized carbons (Fsp3) is 0.182. The number of hydrogen-bond donors (Lipinski definition) is 2. The number of amides is 2. The van der Waals surface area contributed by atoms with Crippen molar-refractivity contribution in [2.45, 2.75) is 10.6 Å². The lowest BCUT2D eigenvalue weighted by atomic mass is 10.2. The zero-order chi connectivity index (χ0) is 22.1. The Labute approximate surface area is 183 Å². The van der Waals surface area contributed by atoms with Gasteiger partial charge in [0.05, 0.1) is 30.3 Å². The van der Waals surface area contributed by atoms with Crippen molar-refractivity contribution in [2.75, 3.05) is 20.2 Å². The van der Waals surface area contributed by atoms with Gasteiger partial charge in [0, 0.05) is 30.4 Å². The molecule has 160 valence electrons. The van der Waals surface area contributed by atoms with Crippen molar-refractivity contribution in [3.05, 3.63) is 83.6 Å². The Kier molecular flexibility index (Phi) is 7.83. The normalized spacial score (nSPS) is 10.4. The van der Waals surface area contributed by atoms with E-state index in [9.17, 15) is 14.4 Å². The number of furan rings is 1. The number of ether oxygens (including phenoxy) is 1. The minimum atomic E-state index is -0.469. The molecule has 0 spiro atoms. The maximum Gasteiger partial charge on any atom is 0.341 e. The third-order valence-electron chi connectivity index (χ3n) is 4.26. The number of methoxy groups -OCH3 is 1. The Morgan fingerprint density at radius 3 is 2.52 bits per heavy atom. The predicted octanol–water partition coefficient (Wildman–Crippen LogP) is 2.91. The maximum atomic E-state index is 12.6. The molecule has 31 heavy (non-hydrogen) atoms. The average Bonchev–Trinajstić information content (AvgIpc) is 3.29. The summed E-state index contributed by atoms with van der Waals surface area (Å²) >= 11 is 1.38. The molecular formula is C22H21N3O5S. The van der Waals surface area contributed by atoms with Gasteiger partial charge in [0.25, 0.3) is 11.8 Å². The van der Waals surface area contributed by atoms with Gasteiger partial charge in [0.1, 0.15) is 11.3 Å². The molecule has 0 fully saturated rings. The van der Waals surface area contributed by atoms with Crippen molar-refractivity contribution in [3.8, 4) is 0 Å². The molecule has 2 heterocycles. The van der Waals surface area contributed by atoms with E-state index in [1.54, 1.807) is 36.5 Å². The highest BCUT2D eigenvalue weighted by atomic mass is 32.2. The van der Waals surface area contributed by atoms with Crippen LogP contribution in [-0.2, 0) is 10.5 Å². The molecule has 0 bridgehead atoms. The third kappa shape index (κ3) is 5.95. The van der Waals surface area contributed by atoms with Crippen molar-refractivity contribution in [2.24, 2.45) is 0 Å². The van der Waals surface area contributed by atoms with Crippen LogP contribution in [0.15, 0.2) is 70.4 Å². The Balaban J connectivity index is 1.53. The Hall–Kier alpha value is -3.59. The second-order valence-electron chi connectivity index (χ2n) is 6.29. The second-order valence-corrected chi connectivity index (χ2v) is 7.30. The quantitative estimate of drug-likeness (QED) is 0.300. The SMILES string of the molecule is COC(=O)c1ccoc1CSc1ccccc1C(=O)NCCNC(=O)c1cccnc1. The van der Waals surface area contributed by atoms with Gasteiger partial charge in [-0.05, 0) is 30.3 Å². The largest absolute Gasteiger partial charge is 0.468 e. The summed E-state index contributed by atoms with van der Waals surface area (Å²) in [6, 6.07) is 12.0. The smallest absolute Gasteiger partial charge is 0.341 e. The lowest BCUT2D eigenvalue weighted by Crippen LogP contribution is -2.34. The van der Waals surface area contributed by atoms with E-state index in [0.717, 1.165) is 4.90 Å². The summed E-state index contributed by atoms with van der Waals surface area (Å²) in [5.41, 5.74) is 1.32. The Morgan fingerprint density at radius 2 is 1.77 bits per heavy atom. The number of pyridine rings is 1. The summed E-state index contributed by atoms with van der Waals surface area (Å²) < 4.78 is 10.1. The highest BCUT2D eigenvalue weighted by Gasteiger charge is 2.17. The van der Waals surface area contributed by atoms with Gasteiger partial charge in [-0.15, -0.1) is 11.8 Å². The van der Waals surface area contributed by atoms with Crippen LogP contribution >= 0.6 is 11.8 Å². The molecule has 1 aromatic carbocycles. The van der Waals surface area contributed by atoms with Crippen LogP contribution in [0.25, 0.3) is 0 Å². The molecular weight excluding hydrogens is 418 g/mol. The van der Waals surface area contributed by atoms with Gasteiger partial charge in [-0.2, -0.15) is 0 Å². The molecule has 3 rings (SSSR count). The summed E-state index contributed by atoms with van der Waals surface area (Å²) in [5.74, 6) is -0.137. The molecule has 2 aromatic heterocycles. The summed E-state index contributed by atoms with van der Waals surface area (Å²) in [7, 11) is 1.31. The van der Waals surface area contributed by atoms with Gasteiger partial charge in [0.15, 0.2) is 0 Å². The fourth-order valence-corrected chi connectivity index (χ4v) is 3.72. The van der Waals surface area contributed by atoms with Gasteiger partial charge >= 0.3 is 5.97 Å². The molecule has 0 aliphatic rings. The number of hydrogen-bond acceptors (Lipinski definition) is 7. The van der Waals surface area contributed by atoms with E-state index in [-0.39, 0.29) is 24.9 Å². The van der Waals surface area contributed by atoms with Crippen LogP contribution < -0.4 is 10.6 Å². The van der Waals surface area contributed by atoms with E-state index in [0.29, 0.717) is 28.2 Å². The first-order chi connectivity index (χ1) is 15.1. The van der Waals surface area contributed by atoms with Crippen molar-refractivity contribution in [1.82, 2.24) is 15.6 Å². The van der Waals surface area contributed by atoms with Gasteiger partial charge in [-0.1, -0.05) is 12.1 Å². The number of nitrogens with zero attached hydrogens (tertiary/aromatic N) is 1. The highest BCUT2D eigenvalue weighted by molar-refractivity contribution is 7.98. The molecule has 8 nitrogen and oxygen atoms in total. The average molecular weight is 439 g/mol. The van der Waals surface area contributed by atoms with Crippen molar-refractivity contribution < 1.29 is 23.5 Å². The van der Waals surface area contributed by atoms with E-state index in [4.69, 9.17) is 9.15 Å². The number of aromatic nitrogens is 1. The minimum Gasteiger partial charge on any atom is -0.468 e. The Morgan fingerprint density at radius 1 is 1.00 bits per heavy atom. The van der Waals surface area contributed by atoms with Crippen LogP contribution in [0, 0.1) is 0 Å². The van der Waals surface area contributed by atoms with Gasteiger partial charge in [-0.25, -0.2) is 4.79 Å². The van der Waals surface area contributed by atoms with E-state index in [1.807, 2.05) is 12.1 Å². The number of thioether (sulfide) groups is 1. The molecule has 0 radical (unpaired) electrons.